The Bertz CT molecular complexity index is 609. The van der Waals surface area contributed by atoms with Gasteiger partial charge in [-0.15, -0.1) is 0 Å². The van der Waals surface area contributed by atoms with Crippen molar-refractivity contribution in [2.75, 3.05) is 6.54 Å². The second-order valence-electron chi connectivity index (χ2n) is 4.62. The van der Waals surface area contributed by atoms with Crippen LogP contribution in [0.5, 0.6) is 0 Å². The summed E-state index contributed by atoms with van der Waals surface area (Å²) >= 11 is 0. The number of hydrogen-bond donors (Lipinski definition) is 1. The number of likely N-dealkylation sites (tertiary alicyclic amines) is 1. The van der Waals surface area contributed by atoms with Gasteiger partial charge in [-0.25, -0.2) is 4.39 Å². The van der Waals surface area contributed by atoms with Crippen molar-refractivity contribution in [3.8, 4) is 6.07 Å². The molecule has 1 aliphatic heterocycles. The Hall–Kier alpha value is -2.42. The molecule has 0 spiro atoms. The number of nitriles is 1. The number of carboxylic acids is 1. The average molecular weight is 276 g/mol. The number of carbonyl (C=O) groups is 2. The highest BCUT2D eigenvalue weighted by atomic mass is 19.1. The second-order valence-corrected chi connectivity index (χ2v) is 4.62. The van der Waals surface area contributed by atoms with Crippen LogP contribution in [-0.4, -0.2) is 28.4 Å². The Morgan fingerprint density at radius 1 is 1.60 bits per heavy atom. The third kappa shape index (κ3) is 2.23. The predicted molar refractivity (Wildman–Crippen MR) is 67.0 cm³/mol. The molecule has 2 unspecified atom stereocenters. The van der Waals surface area contributed by atoms with E-state index in [0.29, 0.717) is 12.1 Å². The molecule has 1 aliphatic rings. The molecule has 0 bridgehead atoms. The molecule has 1 aromatic rings. The minimum atomic E-state index is -1.07. The van der Waals surface area contributed by atoms with Crippen LogP contribution in [0.3, 0.4) is 0 Å². The molecule has 0 saturated carbocycles. The molecule has 1 amide bonds. The second kappa shape index (κ2) is 5.29. The van der Waals surface area contributed by atoms with Crippen LogP contribution in [0.1, 0.15) is 30.5 Å². The molecular formula is C14H13FN2O3. The molecule has 6 heteroatoms. The minimum Gasteiger partial charge on any atom is -0.481 e. The van der Waals surface area contributed by atoms with Crippen LogP contribution in [0.4, 0.5) is 4.39 Å². The Balaban J connectivity index is 2.49. The fraction of sp³-hybridized carbons (Fsp3) is 0.357. The van der Waals surface area contributed by atoms with Crippen LogP contribution >= 0.6 is 0 Å². The molecule has 1 heterocycles. The Labute approximate surface area is 115 Å². The highest BCUT2D eigenvalue weighted by Crippen LogP contribution is 2.38. The standard InChI is InChI=1S/C14H13FN2O3/c1-2-17-12(18)6-10(14(19)20)13(17)8-3-4-11(15)9(5-8)7-16/h3-5,10,13H,2,6H2,1H3,(H,19,20). The van der Waals surface area contributed by atoms with Crippen molar-refractivity contribution in [2.24, 2.45) is 5.92 Å². The number of rotatable bonds is 3. The van der Waals surface area contributed by atoms with E-state index in [1.165, 1.54) is 17.0 Å². The maximum absolute atomic E-state index is 13.3. The van der Waals surface area contributed by atoms with Gasteiger partial charge in [-0.05, 0) is 24.6 Å². The van der Waals surface area contributed by atoms with Crippen molar-refractivity contribution >= 4 is 11.9 Å². The topological polar surface area (TPSA) is 81.4 Å². The molecule has 5 nitrogen and oxygen atoms in total. The molecule has 104 valence electrons. The van der Waals surface area contributed by atoms with Crippen LogP contribution in [0.15, 0.2) is 18.2 Å². The van der Waals surface area contributed by atoms with Gasteiger partial charge in [0.05, 0.1) is 17.5 Å². The van der Waals surface area contributed by atoms with Gasteiger partial charge < -0.3 is 10.0 Å². The van der Waals surface area contributed by atoms with E-state index >= 15 is 0 Å². The molecule has 2 rings (SSSR count). The van der Waals surface area contributed by atoms with E-state index in [2.05, 4.69) is 0 Å². The zero-order valence-electron chi connectivity index (χ0n) is 10.8. The lowest BCUT2D eigenvalue weighted by Crippen LogP contribution is -2.30. The smallest absolute Gasteiger partial charge is 0.309 e. The normalized spacial score (nSPS) is 21.9. The monoisotopic (exact) mass is 276 g/mol. The van der Waals surface area contributed by atoms with Crippen LogP contribution in [0.2, 0.25) is 0 Å². The van der Waals surface area contributed by atoms with Crippen molar-refractivity contribution in [1.82, 2.24) is 4.90 Å². The van der Waals surface area contributed by atoms with E-state index in [-0.39, 0.29) is 17.9 Å². The zero-order chi connectivity index (χ0) is 14.9. The lowest BCUT2D eigenvalue weighted by molar-refractivity contribution is -0.142. The van der Waals surface area contributed by atoms with E-state index in [9.17, 15) is 19.1 Å². The molecule has 20 heavy (non-hydrogen) atoms. The fourth-order valence-corrected chi connectivity index (χ4v) is 2.61. The van der Waals surface area contributed by atoms with Crippen molar-refractivity contribution in [2.45, 2.75) is 19.4 Å². The zero-order valence-corrected chi connectivity index (χ0v) is 10.8. The minimum absolute atomic E-state index is 0.0763. The third-order valence-electron chi connectivity index (χ3n) is 3.54. The number of carbonyl (C=O) groups excluding carboxylic acids is 1. The summed E-state index contributed by atoms with van der Waals surface area (Å²) in [4.78, 5) is 24.6. The van der Waals surface area contributed by atoms with Crippen LogP contribution < -0.4 is 0 Å². The van der Waals surface area contributed by atoms with E-state index in [0.717, 1.165) is 6.07 Å². The summed E-state index contributed by atoms with van der Waals surface area (Å²) in [6, 6.07) is 4.94. The van der Waals surface area contributed by atoms with Crippen molar-refractivity contribution in [3.05, 3.63) is 35.1 Å². The summed E-state index contributed by atoms with van der Waals surface area (Å²) in [7, 11) is 0. The van der Waals surface area contributed by atoms with Gasteiger partial charge in [0, 0.05) is 13.0 Å². The Morgan fingerprint density at radius 2 is 2.30 bits per heavy atom. The molecule has 1 saturated heterocycles. The maximum Gasteiger partial charge on any atom is 0.309 e. The van der Waals surface area contributed by atoms with Gasteiger partial charge in [-0.3, -0.25) is 9.59 Å². The van der Waals surface area contributed by atoms with Crippen LogP contribution in [0, 0.1) is 23.1 Å². The molecule has 0 aromatic heterocycles. The van der Waals surface area contributed by atoms with Gasteiger partial charge in [-0.2, -0.15) is 5.26 Å². The van der Waals surface area contributed by atoms with Crippen molar-refractivity contribution in [3.63, 3.8) is 0 Å². The molecule has 1 fully saturated rings. The predicted octanol–water partition coefficient (Wildman–Crippen LogP) is 1.69. The Morgan fingerprint density at radius 3 is 2.85 bits per heavy atom. The number of halogens is 1. The lowest BCUT2D eigenvalue weighted by atomic mass is 9.92. The molecule has 2 atom stereocenters. The summed E-state index contributed by atoms with van der Waals surface area (Å²) in [5, 5.41) is 18.1. The molecule has 0 radical (unpaired) electrons. The van der Waals surface area contributed by atoms with Crippen molar-refractivity contribution in [1.29, 1.82) is 5.26 Å². The number of aliphatic carboxylic acids is 1. The molecule has 1 N–H and O–H groups in total. The fourth-order valence-electron chi connectivity index (χ4n) is 2.61. The number of benzene rings is 1. The van der Waals surface area contributed by atoms with Crippen LogP contribution in [0.25, 0.3) is 0 Å². The van der Waals surface area contributed by atoms with E-state index in [4.69, 9.17) is 5.26 Å². The first kappa shape index (κ1) is 14.0. The highest BCUT2D eigenvalue weighted by Gasteiger charge is 2.44. The van der Waals surface area contributed by atoms with Gasteiger partial charge >= 0.3 is 5.97 Å². The first-order valence-electron chi connectivity index (χ1n) is 6.21. The summed E-state index contributed by atoms with van der Waals surface area (Å²) in [6.07, 6.45) is -0.0763. The van der Waals surface area contributed by atoms with Gasteiger partial charge in [0.2, 0.25) is 5.91 Å². The number of carboxylic acid groups (broad SMARTS) is 1. The summed E-state index contributed by atoms with van der Waals surface area (Å²) in [5.74, 6) is -2.84. The molecule has 0 aliphatic carbocycles. The first-order valence-corrected chi connectivity index (χ1v) is 6.21. The molecule has 1 aromatic carbocycles. The van der Waals surface area contributed by atoms with E-state index in [1.807, 2.05) is 0 Å². The average Bonchev–Trinajstić information content (AvgIpc) is 2.76. The summed E-state index contributed by atoms with van der Waals surface area (Å²) in [6.45, 7) is 2.12. The van der Waals surface area contributed by atoms with E-state index in [1.54, 1.807) is 13.0 Å². The van der Waals surface area contributed by atoms with Crippen molar-refractivity contribution < 1.29 is 19.1 Å². The van der Waals surface area contributed by atoms with Gasteiger partial charge in [0.25, 0.3) is 0 Å². The number of nitrogens with zero attached hydrogens (tertiary/aromatic N) is 2. The number of amides is 1. The first-order chi connectivity index (χ1) is 9.49. The third-order valence-corrected chi connectivity index (χ3v) is 3.54. The maximum atomic E-state index is 13.3. The van der Waals surface area contributed by atoms with Crippen LogP contribution in [-0.2, 0) is 9.59 Å². The largest absolute Gasteiger partial charge is 0.481 e. The van der Waals surface area contributed by atoms with Gasteiger partial charge in [0.15, 0.2) is 0 Å². The Kier molecular flexibility index (Phi) is 3.70. The summed E-state index contributed by atoms with van der Waals surface area (Å²) < 4.78 is 13.3. The van der Waals surface area contributed by atoms with E-state index < -0.39 is 23.7 Å². The SMILES string of the molecule is CCN1C(=O)CC(C(=O)O)C1c1ccc(F)c(C#N)c1. The highest BCUT2D eigenvalue weighted by molar-refractivity contribution is 5.87. The quantitative estimate of drug-likeness (QED) is 0.910. The van der Waals surface area contributed by atoms with Gasteiger partial charge in [0.1, 0.15) is 11.9 Å². The lowest BCUT2D eigenvalue weighted by Gasteiger charge is -2.26. The molecular weight excluding hydrogens is 263 g/mol. The number of hydrogen-bond acceptors (Lipinski definition) is 3. The van der Waals surface area contributed by atoms with Gasteiger partial charge in [-0.1, -0.05) is 6.07 Å². The summed E-state index contributed by atoms with van der Waals surface area (Å²) in [5.41, 5.74) is 0.324.